The van der Waals surface area contributed by atoms with Crippen LogP contribution >= 0.6 is 0 Å². The molecule has 11 nitrogen and oxygen atoms in total. The van der Waals surface area contributed by atoms with Crippen molar-refractivity contribution in [1.82, 2.24) is 26.3 Å². The molecule has 1 aliphatic heterocycles. The van der Waals surface area contributed by atoms with E-state index < -0.39 is 47.9 Å². The number of hydrogen-bond acceptors (Lipinski definition) is 6. The smallest absolute Gasteiger partial charge is 0.243 e. The summed E-state index contributed by atoms with van der Waals surface area (Å²) >= 11 is 0. The van der Waals surface area contributed by atoms with E-state index in [2.05, 4.69) is 26.3 Å². The second-order valence-corrected chi connectivity index (χ2v) is 11.6. The van der Waals surface area contributed by atoms with Crippen LogP contribution in [0.1, 0.15) is 50.2 Å². The van der Waals surface area contributed by atoms with Gasteiger partial charge < -0.3 is 37.1 Å². The van der Waals surface area contributed by atoms with E-state index in [4.69, 9.17) is 5.73 Å². The van der Waals surface area contributed by atoms with E-state index in [0.29, 0.717) is 25.8 Å². The zero-order valence-electron chi connectivity index (χ0n) is 25.2. The van der Waals surface area contributed by atoms with Crippen molar-refractivity contribution < 1.29 is 24.3 Å². The van der Waals surface area contributed by atoms with Gasteiger partial charge in [-0.2, -0.15) is 0 Å². The maximum Gasteiger partial charge on any atom is 0.243 e. The summed E-state index contributed by atoms with van der Waals surface area (Å²) in [6.07, 6.45) is 3.11. The van der Waals surface area contributed by atoms with E-state index in [1.54, 1.807) is 0 Å². The Morgan fingerprint density at radius 2 is 1.61 bits per heavy atom. The SMILES string of the molecule is C[C@@H](O)[C@H]1CC(=O)NC[C@H](Cc2ccccc2)C(=O)N[C@H](Cc2c[nH]c3ccccc23)C(=O)N[C@@H](CCCCN)CC(=O)N1. The van der Waals surface area contributed by atoms with Crippen LogP contribution in [0.5, 0.6) is 0 Å². The number of carbonyl (C=O) groups excluding carboxylic acids is 4. The summed E-state index contributed by atoms with van der Waals surface area (Å²) in [5, 5.41) is 22.8. The van der Waals surface area contributed by atoms with Crippen LogP contribution in [-0.2, 0) is 32.0 Å². The number of nitrogens with two attached hydrogens (primary N) is 1. The number of aromatic amines is 1. The molecule has 3 aromatic rings. The van der Waals surface area contributed by atoms with Crippen LogP contribution in [0.2, 0.25) is 0 Å². The van der Waals surface area contributed by atoms with Crippen molar-refractivity contribution in [2.24, 2.45) is 11.7 Å². The Kier molecular flexibility index (Phi) is 11.9. The Balaban J connectivity index is 1.66. The molecule has 2 heterocycles. The first-order valence-corrected chi connectivity index (χ1v) is 15.4. The van der Waals surface area contributed by atoms with E-state index in [1.807, 2.05) is 60.8 Å². The van der Waals surface area contributed by atoms with E-state index in [1.165, 1.54) is 6.92 Å². The zero-order chi connectivity index (χ0) is 31.5. The standard InChI is InChI=1S/C33H44N6O5/c1-21(40)28-18-30(41)36-20-24(15-22-9-3-2-4-10-22)32(43)39-29(16-23-19-35-27-13-6-5-12-26(23)27)33(44)37-25(11-7-8-14-34)17-31(42)38-28/h2-6,9-10,12-13,19,21,24-25,28-29,35,40H,7-8,11,14-18,20,34H2,1H3,(H,36,41)(H,37,44)(H,38,42)(H,39,43)/t21-,24+,25+,28-,29-/m1/s1. The number of rotatable bonds is 9. The number of carbonyl (C=O) groups is 4. The number of fused-ring (bicyclic) bond motifs is 1. The average molecular weight is 605 g/mol. The molecule has 0 saturated carbocycles. The van der Waals surface area contributed by atoms with Gasteiger partial charge in [-0.25, -0.2) is 0 Å². The molecular weight excluding hydrogens is 560 g/mol. The molecule has 1 aliphatic rings. The number of para-hydroxylation sites is 1. The third-order valence-electron chi connectivity index (χ3n) is 8.09. The van der Waals surface area contributed by atoms with Gasteiger partial charge in [0.2, 0.25) is 23.6 Å². The summed E-state index contributed by atoms with van der Waals surface area (Å²) in [5.41, 5.74) is 8.38. The van der Waals surface area contributed by atoms with Crippen LogP contribution in [0.3, 0.4) is 0 Å². The van der Waals surface area contributed by atoms with Gasteiger partial charge in [0.15, 0.2) is 0 Å². The van der Waals surface area contributed by atoms with Crippen molar-refractivity contribution in [3.8, 4) is 0 Å². The lowest BCUT2D eigenvalue weighted by molar-refractivity contribution is -0.132. The van der Waals surface area contributed by atoms with Crippen molar-refractivity contribution in [3.63, 3.8) is 0 Å². The minimum atomic E-state index is -0.991. The number of amides is 4. The zero-order valence-corrected chi connectivity index (χ0v) is 25.2. The first kappa shape index (κ1) is 32.7. The van der Waals surface area contributed by atoms with Crippen LogP contribution in [0.15, 0.2) is 60.8 Å². The quantitative estimate of drug-likeness (QED) is 0.182. The molecule has 1 saturated heterocycles. The third kappa shape index (κ3) is 9.39. The predicted molar refractivity (Wildman–Crippen MR) is 168 cm³/mol. The molecule has 5 atom stereocenters. The fourth-order valence-corrected chi connectivity index (χ4v) is 5.58. The second-order valence-electron chi connectivity index (χ2n) is 11.6. The molecule has 0 aliphatic carbocycles. The number of H-pyrrole nitrogens is 1. The van der Waals surface area contributed by atoms with Gasteiger partial charge in [0.1, 0.15) is 6.04 Å². The van der Waals surface area contributed by atoms with Crippen molar-refractivity contribution in [2.45, 2.75) is 76.1 Å². The van der Waals surface area contributed by atoms with Crippen LogP contribution in [0.4, 0.5) is 0 Å². The van der Waals surface area contributed by atoms with Gasteiger partial charge in [-0.1, -0.05) is 55.0 Å². The number of aliphatic hydroxyl groups excluding tert-OH is 1. The first-order chi connectivity index (χ1) is 21.2. The van der Waals surface area contributed by atoms with Gasteiger partial charge in [-0.15, -0.1) is 0 Å². The Morgan fingerprint density at radius 3 is 2.36 bits per heavy atom. The molecule has 1 fully saturated rings. The van der Waals surface area contributed by atoms with Crippen molar-refractivity contribution in [2.75, 3.05) is 13.1 Å². The molecule has 1 aromatic heterocycles. The Hall–Kier alpha value is -4.22. The first-order valence-electron chi connectivity index (χ1n) is 15.4. The maximum absolute atomic E-state index is 13.9. The number of aromatic nitrogens is 1. The minimum Gasteiger partial charge on any atom is -0.391 e. The summed E-state index contributed by atoms with van der Waals surface area (Å²) in [6.45, 7) is 2.01. The second kappa shape index (κ2) is 16.0. The largest absolute Gasteiger partial charge is 0.391 e. The summed E-state index contributed by atoms with van der Waals surface area (Å²) in [6, 6.07) is 14.9. The van der Waals surface area contributed by atoms with Crippen LogP contribution < -0.4 is 27.0 Å². The molecular formula is C33H44N6O5. The molecule has 236 valence electrons. The molecule has 4 amide bonds. The van der Waals surface area contributed by atoms with Crippen molar-refractivity contribution in [3.05, 3.63) is 71.9 Å². The summed E-state index contributed by atoms with van der Waals surface area (Å²) in [7, 11) is 0. The molecule has 0 unspecified atom stereocenters. The number of unbranched alkanes of at least 4 members (excludes halogenated alkanes) is 1. The number of hydrogen-bond donors (Lipinski definition) is 7. The fourth-order valence-electron chi connectivity index (χ4n) is 5.58. The summed E-state index contributed by atoms with van der Waals surface area (Å²) in [4.78, 5) is 57.0. The van der Waals surface area contributed by atoms with Crippen molar-refractivity contribution >= 4 is 34.5 Å². The normalized spacial score (nSPS) is 23.1. The van der Waals surface area contributed by atoms with Crippen molar-refractivity contribution in [1.29, 1.82) is 0 Å². The highest BCUT2D eigenvalue weighted by Gasteiger charge is 2.31. The lowest BCUT2D eigenvalue weighted by Gasteiger charge is -2.25. The molecule has 11 heteroatoms. The van der Waals surface area contributed by atoms with Gasteiger partial charge in [0.05, 0.1) is 18.1 Å². The molecule has 0 bridgehead atoms. The van der Waals surface area contributed by atoms with Gasteiger partial charge >= 0.3 is 0 Å². The van der Waals surface area contributed by atoms with E-state index in [9.17, 15) is 24.3 Å². The molecule has 0 radical (unpaired) electrons. The maximum atomic E-state index is 13.9. The third-order valence-corrected chi connectivity index (χ3v) is 8.09. The Labute approximate surface area is 257 Å². The average Bonchev–Trinajstić information content (AvgIpc) is 3.41. The van der Waals surface area contributed by atoms with E-state index >= 15 is 0 Å². The van der Waals surface area contributed by atoms with Gasteiger partial charge in [0, 0.05) is 48.9 Å². The lowest BCUT2D eigenvalue weighted by atomic mass is 9.96. The molecule has 2 aromatic carbocycles. The van der Waals surface area contributed by atoms with Crippen LogP contribution in [0.25, 0.3) is 10.9 Å². The van der Waals surface area contributed by atoms with Crippen LogP contribution in [0, 0.1) is 5.92 Å². The van der Waals surface area contributed by atoms with Crippen LogP contribution in [-0.4, -0.2) is 71.0 Å². The molecule has 8 N–H and O–H groups in total. The number of nitrogens with one attached hydrogen (secondary N) is 5. The highest BCUT2D eigenvalue weighted by Crippen LogP contribution is 2.20. The predicted octanol–water partition coefficient (Wildman–Crippen LogP) is 1.44. The van der Waals surface area contributed by atoms with E-state index in [0.717, 1.165) is 28.5 Å². The van der Waals surface area contributed by atoms with Gasteiger partial charge in [0.25, 0.3) is 0 Å². The topological polar surface area (TPSA) is 178 Å². The Morgan fingerprint density at radius 1 is 0.864 bits per heavy atom. The minimum absolute atomic E-state index is 0.0170. The molecule has 44 heavy (non-hydrogen) atoms. The number of aliphatic hydroxyl groups is 1. The highest BCUT2D eigenvalue weighted by molar-refractivity contribution is 5.91. The molecule has 4 rings (SSSR count). The monoisotopic (exact) mass is 604 g/mol. The fraction of sp³-hybridized carbons (Fsp3) is 0.455. The van der Waals surface area contributed by atoms with Gasteiger partial charge in [-0.05, 0) is 49.9 Å². The Bertz CT molecular complexity index is 1410. The molecule has 0 spiro atoms. The summed E-state index contributed by atoms with van der Waals surface area (Å²) in [5.74, 6) is -2.25. The number of benzene rings is 2. The highest BCUT2D eigenvalue weighted by atomic mass is 16.3. The lowest BCUT2D eigenvalue weighted by Crippen LogP contribution is -2.53. The van der Waals surface area contributed by atoms with E-state index in [-0.39, 0.29) is 31.7 Å². The van der Waals surface area contributed by atoms with Gasteiger partial charge in [-0.3, -0.25) is 19.2 Å². The summed E-state index contributed by atoms with van der Waals surface area (Å²) < 4.78 is 0.